The van der Waals surface area contributed by atoms with Crippen LogP contribution in [0.2, 0.25) is 0 Å². The van der Waals surface area contributed by atoms with Gasteiger partial charge in [0.15, 0.2) is 5.16 Å². The van der Waals surface area contributed by atoms with Crippen molar-refractivity contribution in [2.75, 3.05) is 5.32 Å². The number of benzene rings is 1. The number of amides is 1. The number of aryl methyl sites for hydroxylation is 1. The van der Waals surface area contributed by atoms with Crippen LogP contribution in [0, 0.1) is 12.7 Å². The molecule has 2 rings (SSSR count). The van der Waals surface area contributed by atoms with Crippen LogP contribution in [0.4, 0.5) is 10.1 Å². The fourth-order valence-corrected chi connectivity index (χ4v) is 2.27. The summed E-state index contributed by atoms with van der Waals surface area (Å²) >= 11 is 1.28. The summed E-state index contributed by atoms with van der Waals surface area (Å²) in [4.78, 5) is 20.3. The van der Waals surface area contributed by atoms with Crippen LogP contribution in [0.5, 0.6) is 0 Å². The third-order valence-corrected chi connectivity index (χ3v) is 3.51. The molecule has 0 saturated heterocycles. The lowest BCUT2D eigenvalue weighted by Gasteiger charge is -2.11. The lowest BCUT2D eigenvalue weighted by Crippen LogP contribution is -2.22. The molecule has 0 radical (unpaired) electrons. The molecule has 1 heterocycles. The van der Waals surface area contributed by atoms with Crippen molar-refractivity contribution in [3.8, 4) is 0 Å². The average Bonchev–Trinajstić information content (AvgIpc) is 2.41. The molecule has 1 unspecified atom stereocenters. The molecule has 6 heteroatoms. The van der Waals surface area contributed by atoms with Gasteiger partial charge in [-0.25, -0.2) is 14.4 Å². The van der Waals surface area contributed by atoms with Gasteiger partial charge in [-0.1, -0.05) is 11.8 Å². The van der Waals surface area contributed by atoms with E-state index in [1.54, 1.807) is 19.2 Å². The van der Waals surface area contributed by atoms with Crippen molar-refractivity contribution in [2.24, 2.45) is 0 Å². The largest absolute Gasteiger partial charge is 0.325 e. The molecule has 104 valence electrons. The topological polar surface area (TPSA) is 54.9 Å². The highest BCUT2D eigenvalue weighted by molar-refractivity contribution is 8.00. The van der Waals surface area contributed by atoms with Gasteiger partial charge >= 0.3 is 0 Å². The van der Waals surface area contributed by atoms with E-state index in [9.17, 15) is 9.18 Å². The zero-order valence-electron chi connectivity index (χ0n) is 11.1. The molecule has 0 aliphatic heterocycles. The number of halogens is 1. The Balaban J connectivity index is 1.96. The van der Waals surface area contributed by atoms with E-state index in [1.165, 1.54) is 36.0 Å². The van der Waals surface area contributed by atoms with Crippen molar-refractivity contribution in [3.05, 3.63) is 48.0 Å². The van der Waals surface area contributed by atoms with E-state index in [-0.39, 0.29) is 17.0 Å². The van der Waals surface area contributed by atoms with Crippen LogP contribution < -0.4 is 5.32 Å². The number of carbonyl (C=O) groups is 1. The Morgan fingerprint density at radius 1 is 1.30 bits per heavy atom. The zero-order valence-corrected chi connectivity index (χ0v) is 11.9. The van der Waals surface area contributed by atoms with Crippen LogP contribution in [0.15, 0.2) is 41.7 Å². The van der Waals surface area contributed by atoms with E-state index in [1.807, 2.05) is 6.92 Å². The highest BCUT2D eigenvalue weighted by Crippen LogP contribution is 2.20. The second-order valence-corrected chi connectivity index (χ2v) is 5.54. The van der Waals surface area contributed by atoms with E-state index < -0.39 is 0 Å². The van der Waals surface area contributed by atoms with E-state index >= 15 is 0 Å². The molecule has 2 aromatic rings. The number of nitrogens with one attached hydrogen (secondary N) is 1. The number of hydrogen-bond acceptors (Lipinski definition) is 4. The molecule has 1 amide bonds. The second-order valence-electron chi connectivity index (χ2n) is 4.24. The van der Waals surface area contributed by atoms with Crippen molar-refractivity contribution in [1.82, 2.24) is 9.97 Å². The number of nitrogens with zero attached hydrogens (tertiary/aromatic N) is 2. The number of hydrogen-bond donors (Lipinski definition) is 1. The Morgan fingerprint density at radius 3 is 2.65 bits per heavy atom. The maximum absolute atomic E-state index is 12.8. The highest BCUT2D eigenvalue weighted by atomic mass is 32.2. The smallest absolute Gasteiger partial charge is 0.237 e. The minimum atomic E-state index is -0.346. The van der Waals surface area contributed by atoms with Gasteiger partial charge in [-0.2, -0.15) is 0 Å². The number of anilines is 1. The van der Waals surface area contributed by atoms with Gasteiger partial charge < -0.3 is 5.32 Å². The summed E-state index contributed by atoms with van der Waals surface area (Å²) in [7, 11) is 0. The first-order valence-corrected chi connectivity index (χ1v) is 6.95. The number of aromatic nitrogens is 2. The van der Waals surface area contributed by atoms with Crippen LogP contribution in [0.3, 0.4) is 0 Å². The Hall–Kier alpha value is -1.95. The Morgan fingerprint density at radius 2 is 2.00 bits per heavy atom. The van der Waals surface area contributed by atoms with Crippen molar-refractivity contribution in [2.45, 2.75) is 24.3 Å². The normalized spacial score (nSPS) is 11.9. The van der Waals surface area contributed by atoms with Crippen LogP contribution >= 0.6 is 11.8 Å². The van der Waals surface area contributed by atoms with Crippen LogP contribution in [-0.2, 0) is 4.79 Å². The van der Waals surface area contributed by atoms with Gasteiger partial charge in [-0.05, 0) is 44.2 Å². The lowest BCUT2D eigenvalue weighted by molar-refractivity contribution is -0.115. The molecule has 1 aromatic carbocycles. The van der Waals surface area contributed by atoms with Gasteiger partial charge in [0.2, 0.25) is 5.91 Å². The first-order chi connectivity index (χ1) is 9.54. The Bertz CT molecular complexity index is 604. The molecule has 0 saturated carbocycles. The van der Waals surface area contributed by atoms with Gasteiger partial charge in [0.25, 0.3) is 0 Å². The van der Waals surface area contributed by atoms with E-state index in [4.69, 9.17) is 0 Å². The monoisotopic (exact) mass is 291 g/mol. The molecular formula is C14H14FN3OS. The zero-order chi connectivity index (χ0) is 14.5. The average molecular weight is 291 g/mol. The van der Waals surface area contributed by atoms with Crippen molar-refractivity contribution >= 4 is 23.4 Å². The SMILES string of the molecule is Cc1ccnc(SC(C)C(=O)Nc2ccc(F)cc2)n1. The van der Waals surface area contributed by atoms with E-state index in [0.29, 0.717) is 10.8 Å². The van der Waals surface area contributed by atoms with Crippen molar-refractivity contribution in [3.63, 3.8) is 0 Å². The quantitative estimate of drug-likeness (QED) is 0.695. The summed E-state index contributed by atoms with van der Waals surface area (Å²) in [5.74, 6) is -0.509. The minimum absolute atomic E-state index is 0.174. The third kappa shape index (κ3) is 4.03. The van der Waals surface area contributed by atoms with Crippen LogP contribution in [-0.4, -0.2) is 21.1 Å². The molecule has 0 aliphatic rings. The summed E-state index contributed by atoms with van der Waals surface area (Å²) in [5.41, 5.74) is 1.42. The molecule has 0 bridgehead atoms. The van der Waals surface area contributed by atoms with E-state index in [2.05, 4.69) is 15.3 Å². The molecular weight excluding hydrogens is 277 g/mol. The third-order valence-electron chi connectivity index (χ3n) is 2.54. The fraction of sp³-hybridized carbons (Fsp3) is 0.214. The predicted molar refractivity (Wildman–Crippen MR) is 77.1 cm³/mol. The molecule has 20 heavy (non-hydrogen) atoms. The van der Waals surface area contributed by atoms with E-state index in [0.717, 1.165) is 5.69 Å². The molecule has 1 atom stereocenters. The standard InChI is InChI=1S/C14H14FN3OS/c1-9-7-8-16-14(17-9)20-10(2)13(19)18-12-5-3-11(15)4-6-12/h3-8,10H,1-2H3,(H,18,19). The Labute approximate surface area is 120 Å². The van der Waals surface area contributed by atoms with Crippen molar-refractivity contribution < 1.29 is 9.18 Å². The summed E-state index contributed by atoms with van der Waals surface area (Å²) in [6.07, 6.45) is 1.66. The number of carbonyl (C=O) groups excluding carboxylic acids is 1. The summed E-state index contributed by atoms with van der Waals surface area (Å²) in [6, 6.07) is 7.45. The first kappa shape index (κ1) is 14.5. The molecule has 0 aliphatic carbocycles. The van der Waals surface area contributed by atoms with Crippen molar-refractivity contribution in [1.29, 1.82) is 0 Å². The van der Waals surface area contributed by atoms with Crippen LogP contribution in [0.1, 0.15) is 12.6 Å². The molecule has 1 aromatic heterocycles. The van der Waals surface area contributed by atoms with Gasteiger partial charge in [0, 0.05) is 17.6 Å². The lowest BCUT2D eigenvalue weighted by atomic mass is 10.3. The predicted octanol–water partition coefficient (Wildman–Crippen LogP) is 3.04. The van der Waals surface area contributed by atoms with Gasteiger partial charge in [-0.3, -0.25) is 4.79 Å². The highest BCUT2D eigenvalue weighted by Gasteiger charge is 2.16. The number of rotatable bonds is 4. The summed E-state index contributed by atoms with van der Waals surface area (Å²) in [6.45, 7) is 3.64. The first-order valence-electron chi connectivity index (χ1n) is 6.07. The molecule has 0 spiro atoms. The minimum Gasteiger partial charge on any atom is -0.325 e. The summed E-state index contributed by atoms with van der Waals surface area (Å²) < 4.78 is 12.8. The van der Waals surface area contributed by atoms with Gasteiger partial charge in [0.05, 0.1) is 5.25 Å². The molecule has 0 fully saturated rings. The van der Waals surface area contributed by atoms with Gasteiger partial charge in [-0.15, -0.1) is 0 Å². The maximum Gasteiger partial charge on any atom is 0.237 e. The molecule has 1 N–H and O–H groups in total. The molecule has 4 nitrogen and oxygen atoms in total. The number of thioether (sulfide) groups is 1. The fourth-order valence-electron chi connectivity index (χ4n) is 1.47. The maximum atomic E-state index is 12.8. The summed E-state index contributed by atoms with van der Waals surface area (Å²) in [5, 5.41) is 2.94. The second kappa shape index (κ2) is 6.47. The Kier molecular flexibility index (Phi) is 4.68. The van der Waals surface area contributed by atoms with Gasteiger partial charge in [0.1, 0.15) is 5.82 Å². The van der Waals surface area contributed by atoms with Crippen LogP contribution in [0.25, 0.3) is 0 Å².